The Morgan fingerprint density at radius 3 is 1.41 bits per heavy atom. The average molecular weight is 410 g/mol. The summed E-state index contributed by atoms with van der Waals surface area (Å²) in [7, 11) is 0. The molecule has 0 aliphatic rings. The summed E-state index contributed by atoms with van der Waals surface area (Å²) in [6, 6.07) is 13.2. The Bertz CT molecular complexity index is 718. The lowest BCUT2D eigenvalue weighted by molar-refractivity contribution is 0.0685. The van der Waals surface area contributed by atoms with E-state index in [4.69, 9.17) is 10.2 Å². The smallest absolute Gasteiger partial charge is 0.335 e. The van der Waals surface area contributed by atoms with Crippen molar-refractivity contribution >= 4 is 38.9 Å². The maximum atomic E-state index is 10.5. The van der Waals surface area contributed by atoms with Gasteiger partial charge in [-0.25, -0.2) is 9.59 Å². The monoisotopic (exact) mass is 409 g/mol. The van der Waals surface area contributed by atoms with Crippen LogP contribution in [0.2, 0.25) is 0 Å². The molecule has 3 N–H and O–H groups in total. The zero-order valence-electron chi connectivity index (χ0n) is 15.7. The Morgan fingerprint density at radius 2 is 1.15 bits per heavy atom. The molecule has 0 saturated heterocycles. The molecule has 5 nitrogen and oxygen atoms in total. The number of hydrogen-bond donors (Lipinski definition) is 3. The Kier molecular flexibility index (Phi) is 11.8. The first-order chi connectivity index (χ1) is 11.5. The normalized spacial score (nSPS) is 10.0. The van der Waals surface area contributed by atoms with Crippen molar-refractivity contribution in [2.45, 2.75) is 39.2 Å². The van der Waals surface area contributed by atoms with Crippen LogP contribution in [0.3, 0.4) is 0 Å². The summed E-state index contributed by atoms with van der Waals surface area (Å²) in [5.74, 6) is -1.37. The maximum absolute atomic E-state index is 10.5. The largest absolute Gasteiger partial charge is 2.00 e. The van der Waals surface area contributed by atoms with Crippen molar-refractivity contribution in [1.29, 1.82) is 0 Å². The molecule has 0 fully saturated rings. The molecule has 2 rings (SSSR count). The van der Waals surface area contributed by atoms with Crippen molar-refractivity contribution in [3.05, 3.63) is 70.8 Å². The van der Waals surface area contributed by atoms with E-state index in [1.165, 1.54) is 17.7 Å². The molecule has 0 aliphatic heterocycles. The summed E-state index contributed by atoms with van der Waals surface area (Å²) in [5, 5.41) is 26.8. The summed E-state index contributed by atoms with van der Waals surface area (Å²) in [4.78, 5) is 21.0. The third kappa shape index (κ3) is 8.99. The van der Waals surface area contributed by atoms with Crippen molar-refractivity contribution in [1.82, 2.24) is 0 Å². The molecular formula is C20H25O5S2-3. The molecule has 2 aromatic rings. The van der Waals surface area contributed by atoms with Crippen molar-refractivity contribution in [3.8, 4) is 0 Å². The molecule has 150 valence electrons. The number of carboxylic acids is 2. The van der Waals surface area contributed by atoms with E-state index in [1.54, 1.807) is 38.1 Å². The van der Waals surface area contributed by atoms with Crippen LogP contribution in [0.15, 0.2) is 48.5 Å². The third-order valence-electron chi connectivity index (χ3n) is 3.66. The number of thiol groups is 1. The molecule has 0 spiro atoms. The lowest BCUT2D eigenvalue weighted by Crippen LogP contribution is -2.15. The van der Waals surface area contributed by atoms with Crippen molar-refractivity contribution in [2.75, 3.05) is 0 Å². The first kappa shape index (κ1) is 27.3. The molecule has 0 unspecified atom stereocenters. The molecule has 0 radical (unpaired) electrons. The van der Waals surface area contributed by atoms with Gasteiger partial charge in [-0.1, -0.05) is 38.1 Å². The zero-order valence-corrected chi connectivity index (χ0v) is 17.4. The summed E-state index contributed by atoms with van der Waals surface area (Å²) < 4.78 is 0. The number of aliphatic hydroxyl groups is 1. The van der Waals surface area contributed by atoms with Gasteiger partial charge < -0.3 is 42.3 Å². The van der Waals surface area contributed by atoms with Crippen LogP contribution < -0.4 is 0 Å². The number of benzene rings is 2. The number of carboxylic acid groups (broad SMARTS) is 2. The molecule has 0 aliphatic carbocycles. The van der Waals surface area contributed by atoms with E-state index in [0.29, 0.717) is 17.0 Å². The van der Waals surface area contributed by atoms with E-state index in [0.717, 1.165) is 0 Å². The molecule has 0 bridgehead atoms. The summed E-state index contributed by atoms with van der Waals surface area (Å²) in [6.45, 7) is 7.47. The second-order valence-corrected chi connectivity index (χ2v) is 6.52. The lowest BCUT2D eigenvalue weighted by atomic mass is 9.97. The van der Waals surface area contributed by atoms with Gasteiger partial charge in [0.1, 0.15) is 0 Å². The second-order valence-electron chi connectivity index (χ2n) is 6.52. The Balaban J connectivity index is 0. The van der Waals surface area contributed by atoms with Crippen LogP contribution in [0.4, 0.5) is 0 Å². The summed E-state index contributed by atoms with van der Waals surface area (Å²) >= 11 is 0. The second kappa shape index (κ2) is 11.7. The number of carbonyl (C=O) groups is 2. The number of aromatic carboxylic acids is 2. The van der Waals surface area contributed by atoms with Gasteiger partial charge in [-0.05, 0) is 55.2 Å². The Hall–Kier alpha value is -1.96. The van der Waals surface area contributed by atoms with Gasteiger partial charge in [-0.2, -0.15) is 0 Å². The van der Waals surface area contributed by atoms with Gasteiger partial charge in [0.15, 0.2) is 0 Å². The van der Waals surface area contributed by atoms with E-state index in [1.807, 2.05) is 12.1 Å². The predicted octanol–water partition coefficient (Wildman–Crippen LogP) is 3.85. The predicted molar refractivity (Wildman–Crippen MR) is 112 cm³/mol. The van der Waals surface area contributed by atoms with Gasteiger partial charge in [0, 0.05) is 0 Å². The first-order valence-electron chi connectivity index (χ1n) is 7.92. The minimum Gasteiger partial charge on any atom is -2.00 e. The summed E-state index contributed by atoms with van der Waals surface area (Å²) in [6.07, 6.45) is 0. The maximum Gasteiger partial charge on any atom is 0.335 e. The fourth-order valence-electron chi connectivity index (χ4n) is 2.03. The third-order valence-corrected chi connectivity index (χ3v) is 3.66. The average Bonchev–Trinajstić information content (AvgIpc) is 2.54. The number of hydrogen-bond acceptors (Lipinski definition) is 4. The lowest BCUT2D eigenvalue weighted by Gasteiger charge is -2.17. The Labute approximate surface area is 174 Å². The van der Waals surface area contributed by atoms with E-state index in [-0.39, 0.29) is 32.6 Å². The van der Waals surface area contributed by atoms with Crippen LogP contribution in [-0.4, -0.2) is 27.3 Å². The highest BCUT2D eigenvalue weighted by Gasteiger charge is 2.15. The zero-order chi connectivity index (χ0) is 19.2. The van der Waals surface area contributed by atoms with E-state index in [9.17, 15) is 14.7 Å². The van der Waals surface area contributed by atoms with Crippen LogP contribution in [0.25, 0.3) is 0 Å². The molecule has 0 heterocycles. The molecule has 0 atom stereocenters. The van der Waals surface area contributed by atoms with Crippen LogP contribution >= 0.6 is 0 Å². The van der Waals surface area contributed by atoms with E-state index >= 15 is 0 Å². The van der Waals surface area contributed by atoms with Gasteiger partial charge in [-0.15, -0.1) is 0 Å². The summed E-state index contributed by atoms with van der Waals surface area (Å²) in [5.41, 5.74) is 1.53. The topological polar surface area (TPSA) is 94.8 Å². The van der Waals surface area contributed by atoms with E-state index in [2.05, 4.69) is 13.8 Å². The highest BCUT2D eigenvalue weighted by Crippen LogP contribution is 2.19. The van der Waals surface area contributed by atoms with Gasteiger partial charge >= 0.3 is 11.9 Å². The molecule has 0 saturated carbocycles. The van der Waals surface area contributed by atoms with Gasteiger partial charge in [0.25, 0.3) is 0 Å². The Morgan fingerprint density at radius 1 is 0.815 bits per heavy atom. The van der Waals surface area contributed by atoms with Crippen molar-refractivity contribution in [2.24, 2.45) is 0 Å². The minimum atomic E-state index is -0.956. The minimum absolute atomic E-state index is 0. The fourth-order valence-corrected chi connectivity index (χ4v) is 2.03. The molecule has 0 aromatic heterocycles. The van der Waals surface area contributed by atoms with Gasteiger partial charge in [-0.3, -0.25) is 0 Å². The fraction of sp³-hybridized carbons (Fsp3) is 0.300. The highest BCUT2D eigenvalue weighted by molar-refractivity contribution is 7.37. The van der Waals surface area contributed by atoms with Crippen LogP contribution in [0.1, 0.15) is 65.5 Å². The van der Waals surface area contributed by atoms with Crippen LogP contribution in [0, 0.1) is 0 Å². The molecular weight excluding hydrogens is 384 g/mol. The van der Waals surface area contributed by atoms with Crippen LogP contribution in [-0.2, 0) is 32.6 Å². The van der Waals surface area contributed by atoms with Gasteiger partial charge in [0.2, 0.25) is 0 Å². The van der Waals surface area contributed by atoms with Crippen molar-refractivity contribution < 1.29 is 24.9 Å². The van der Waals surface area contributed by atoms with Crippen molar-refractivity contribution in [3.63, 3.8) is 0 Å². The SMILES string of the molecule is CC(C)(O)c1ccc(C(=O)O)cc1.CC(C)c1ccc(C(=O)O)cc1.[S-2].[SH-]. The van der Waals surface area contributed by atoms with Crippen LogP contribution in [0.5, 0.6) is 0 Å². The van der Waals surface area contributed by atoms with E-state index < -0.39 is 17.5 Å². The quantitative estimate of drug-likeness (QED) is 0.524. The standard InChI is InChI=1S/C10H12O3.C10H12O2.H2S.S/c1-10(2,13)8-5-3-7(4-6-8)9(11)12;1-7(2)8-3-5-9(6-4-8)10(11)12;;/h3-6,13H,1-2H3,(H,11,12);3-7H,1-2H3,(H,11,12);1H2;/q;;;-2/p-1. The molecule has 0 amide bonds. The highest BCUT2D eigenvalue weighted by atomic mass is 32.1. The molecule has 2 aromatic carbocycles. The number of rotatable bonds is 4. The molecule has 27 heavy (non-hydrogen) atoms. The molecule has 7 heteroatoms. The first-order valence-corrected chi connectivity index (χ1v) is 7.92. The van der Waals surface area contributed by atoms with Gasteiger partial charge in [0.05, 0.1) is 16.7 Å².